The fourth-order valence-electron chi connectivity index (χ4n) is 1.78. The van der Waals surface area contributed by atoms with Gasteiger partial charge in [-0.25, -0.2) is 0 Å². The fourth-order valence-corrected chi connectivity index (χ4v) is 4.33. The van der Waals surface area contributed by atoms with E-state index in [9.17, 15) is 0 Å². The van der Waals surface area contributed by atoms with Crippen molar-refractivity contribution < 1.29 is 0 Å². The van der Waals surface area contributed by atoms with Crippen molar-refractivity contribution in [2.45, 2.75) is 71.4 Å². The van der Waals surface area contributed by atoms with Crippen molar-refractivity contribution in [2.24, 2.45) is 0 Å². The normalized spacial score (nSPS) is 12.6. The summed E-state index contributed by atoms with van der Waals surface area (Å²) in [6.45, 7) is 11.7. The first kappa shape index (κ1) is 14.0. The molecule has 0 aliphatic carbocycles. The van der Waals surface area contributed by atoms with Gasteiger partial charge < -0.3 is 0 Å². The third-order valence-electron chi connectivity index (χ3n) is 2.62. The number of allylic oxidation sites excluding steroid dienone is 1. The lowest BCUT2D eigenvalue weighted by molar-refractivity contribution is 0.729. The summed E-state index contributed by atoms with van der Waals surface area (Å²) in [6, 6.07) is 0. The van der Waals surface area contributed by atoms with Crippen molar-refractivity contribution >= 4 is 8.80 Å². The van der Waals surface area contributed by atoms with E-state index in [1.165, 1.54) is 25.7 Å². The standard InChI is InChI=1S/C13H27Si/c1-6-7-8-9-10-11-14(12(2)3)13(4)5/h10-13H,6-9H2,1-5H3/b11-10+. The zero-order valence-corrected chi connectivity index (χ0v) is 11.6. The van der Waals surface area contributed by atoms with Crippen LogP contribution in [-0.4, -0.2) is 8.80 Å². The van der Waals surface area contributed by atoms with Crippen molar-refractivity contribution in [2.75, 3.05) is 0 Å². The van der Waals surface area contributed by atoms with Crippen LogP contribution in [0.3, 0.4) is 0 Å². The van der Waals surface area contributed by atoms with E-state index in [0.717, 1.165) is 11.1 Å². The van der Waals surface area contributed by atoms with Crippen molar-refractivity contribution in [3.8, 4) is 0 Å². The minimum absolute atomic E-state index is 0.246. The maximum atomic E-state index is 2.54. The van der Waals surface area contributed by atoms with Crippen LogP contribution in [0, 0.1) is 0 Å². The smallest absolute Gasteiger partial charge is 0.0807 e. The van der Waals surface area contributed by atoms with Gasteiger partial charge in [-0.05, 0) is 23.9 Å². The van der Waals surface area contributed by atoms with Crippen molar-refractivity contribution in [3.63, 3.8) is 0 Å². The van der Waals surface area contributed by atoms with Crippen LogP contribution >= 0.6 is 0 Å². The molecule has 0 bridgehead atoms. The average Bonchev–Trinajstić information content (AvgIpc) is 2.09. The van der Waals surface area contributed by atoms with Crippen LogP contribution < -0.4 is 0 Å². The zero-order chi connectivity index (χ0) is 11.0. The molecule has 0 spiro atoms. The highest BCUT2D eigenvalue weighted by Gasteiger charge is 2.15. The van der Waals surface area contributed by atoms with Crippen molar-refractivity contribution in [1.82, 2.24) is 0 Å². The Morgan fingerprint density at radius 1 is 1.00 bits per heavy atom. The molecule has 0 rings (SSSR count). The topological polar surface area (TPSA) is 0 Å². The lowest BCUT2D eigenvalue weighted by Gasteiger charge is -2.18. The number of hydrogen-bond acceptors (Lipinski definition) is 0. The fraction of sp³-hybridized carbons (Fsp3) is 0.846. The average molecular weight is 211 g/mol. The van der Waals surface area contributed by atoms with Gasteiger partial charge in [0.25, 0.3) is 0 Å². The Balaban J connectivity index is 3.79. The lowest BCUT2D eigenvalue weighted by atomic mass is 10.2. The van der Waals surface area contributed by atoms with E-state index in [0.29, 0.717) is 0 Å². The summed E-state index contributed by atoms with van der Waals surface area (Å²) < 4.78 is 0. The van der Waals surface area contributed by atoms with Crippen LogP contribution in [0.5, 0.6) is 0 Å². The minimum atomic E-state index is -0.246. The Kier molecular flexibility index (Phi) is 8.25. The highest BCUT2D eigenvalue weighted by molar-refractivity contribution is 6.66. The Morgan fingerprint density at radius 3 is 2.00 bits per heavy atom. The maximum absolute atomic E-state index is 2.54. The molecule has 0 fully saturated rings. The van der Waals surface area contributed by atoms with Gasteiger partial charge >= 0.3 is 0 Å². The highest BCUT2D eigenvalue weighted by atomic mass is 28.3. The summed E-state index contributed by atoms with van der Waals surface area (Å²) in [4.78, 5) is 0. The second kappa shape index (κ2) is 8.28. The molecule has 0 aromatic heterocycles. The largest absolute Gasteiger partial charge is 0.0995 e. The van der Waals surface area contributed by atoms with E-state index in [-0.39, 0.29) is 8.80 Å². The van der Waals surface area contributed by atoms with Gasteiger partial charge in [-0.2, -0.15) is 0 Å². The van der Waals surface area contributed by atoms with Crippen LogP contribution in [0.15, 0.2) is 11.8 Å². The predicted molar refractivity (Wildman–Crippen MR) is 69.2 cm³/mol. The summed E-state index contributed by atoms with van der Waals surface area (Å²) >= 11 is 0. The predicted octanol–water partition coefficient (Wildman–Crippen LogP) is 4.98. The van der Waals surface area contributed by atoms with Gasteiger partial charge in [0.1, 0.15) is 0 Å². The van der Waals surface area contributed by atoms with Crippen molar-refractivity contribution in [3.05, 3.63) is 11.8 Å². The molecule has 83 valence electrons. The van der Waals surface area contributed by atoms with E-state index in [1.807, 2.05) is 0 Å². The minimum Gasteiger partial charge on any atom is -0.0995 e. The van der Waals surface area contributed by atoms with Gasteiger partial charge in [0.2, 0.25) is 0 Å². The third-order valence-corrected chi connectivity index (χ3v) is 5.91. The van der Waals surface area contributed by atoms with Crippen LogP contribution in [0.2, 0.25) is 11.1 Å². The van der Waals surface area contributed by atoms with E-state index in [1.54, 1.807) is 0 Å². The molecule has 0 aromatic rings. The molecule has 14 heavy (non-hydrogen) atoms. The quantitative estimate of drug-likeness (QED) is 0.412. The van der Waals surface area contributed by atoms with Gasteiger partial charge in [-0.15, -0.1) is 0 Å². The lowest BCUT2D eigenvalue weighted by Crippen LogP contribution is -2.18. The second-order valence-electron chi connectivity index (χ2n) is 4.71. The molecule has 0 atom stereocenters. The van der Waals surface area contributed by atoms with Gasteiger partial charge in [-0.3, -0.25) is 0 Å². The molecule has 0 saturated heterocycles. The highest BCUT2D eigenvalue weighted by Crippen LogP contribution is 2.21. The first-order chi connectivity index (χ1) is 6.59. The Bertz CT molecular complexity index is 139. The van der Waals surface area contributed by atoms with Gasteiger partial charge in [-0.1, -0.05) is 59.2 Å². The number of unbranched alkanes of at least 4 members (excludes halogenated alkanes) is 3. The molecule has 0 heterocycles. The van der Waals surface area contributed by atoms with Crippen LogP contribution in [0.1, 0.15) is 60.3 Å². The summed E-state index contributed by atoms with van der Waals surface area (Å²) in [5.41, 5.74) is 4.29. The molecular formula is C13H27Si. The Morgan fingerprint density at radius 2 is 1.57 bits per heavy atom. The summed E-state index contributed by atoms with van der Waals surface area (Å²) in [7, 11) is -0.246. The summed E-state index contributed by atoms with van der Waals surface area (Å²) in [6.07, 6.45) is 7.82. The molecule has 0 amide bonds. The van der Waals surface area contributed by atoms with E-state index >= 15 is 0 Å². The van der Waals surface area contributed by atoms with Crippen LogP contribution in [-0.2, 0) is 0 Å². The van der Waals surface area contributed by atoms with Crippen LogP contribution in [0.4, 0.5) is 0 Å². The number of rotatable bonds is 7. The molecular weight excluding hydrogens is 184 g/mol. The molecule has 0 saturated carbocycles. The summed E-state index contributed by atoms with van der Waals surface area (Å²) in [5, 5.41) is 0. The zero-order valence-electron chi connectivity index (χ0n) is 10.6. The molecule has 1 radical (unpaired) electrons. The second-order valence-corrected chi connectivity index (χ2v) is 8.35. The molecule has 0 unspecified atom stereocenters. The monoisotopic (exact) mass is 211 g/mol. The van der Waals surface area contributed by atoms with Gasteiger partial charge in [0.05, 0.1) is 8.80 Å². The van der Waals surface area contributed by atoms with Gasteiger partial charge in [0, 0.05) is 0 Å². The first-order valence-corrected chi connectivity index (χ1v) is 7.86. The molecule has 1 heteroatoms. The van der Waals surface area contributed by atoms with Gasteiger partial charge in [0.15, 0.2) is 0 Å². The molecule has 0 aromatic carbocycles. The third kappa shape index (κ3) is 6.42. The van der Waals surface area contributed by atoms with E-state index in [4.69, 9.17) is 0 Å². The SMILES string of the molecule is CCCCC/C=C/[Si](C(C)C)C(C)C. The van der Waals surface area contributed by atoms with Crippen LogP contribution in [0.25, 0.3) is 0 Å². The van der Waals surface area contributed by atoms with E-state index < -0.39 is 0 Å². The van der Waals surface area contributed by atoms with E-state index in [2.05, 4.69) is 46.4 Å². The Labute approximate surface area is 92.4 Å². The summed E-state index contributed by atoms with van der Waals surface area (Å²) in [5.74, 6) is 0. The molecule has 0 aliphatic rings. The molecule has 0 N–H and O–H groups in total. The Hall–Kier alpha value is -0.0431. The maximum Gasteiger partial charge on any atom is 0.0807 e. The molecule has 0 aliphatic heterocycles. The number of hydrogen-bond donors (Lipinski definition) is 0. The molecule has 0 nitrogen and oxygen atoms in total. The van der Waals surface area contributed by atoms with Crippen molar-refractivity contribution in [1.29, 1.82) is 0 Å². The first-order valence-electron chi connectivity index (χ1n) is 6.12.